The van der Waals surface area contributed by atoms with Crippen molar-refractivity contribution in [2.24, 2.45) is 0 Å². The maximum Gasteiger partial charge on any atom is 0.472 e. The molecule has 0 fully saturated rings. The fraction of sp³-hybridized carbons (Fsp3) is 0.400. The number of nitrogens with zero attached hydrogens (tertiary/aromatic N) is 4. The molecular formula is C25H33N6O8P. The summed E-state index contributed by atoms with van der Waals surface area (Å²) in [6, 6.07) is 4.63. The van der Waals surface area contributed by atoms with Crippen molar-refractivity contribution in [3.05, 3.63) is 53.0 Å². The minimum Gasteiger partial charge on any atom is -0.421 e. The SMILES string of the molecule is CCCNC(=O)c1cn2ncnc(N(C(=O)OCOP(=O)(O)O)c3cc(C(=O)NC(C)CC)ccc3C)c2c1C. The molecule has 0 spiro atoms. The van der Waals surface area contributed by atoms with Gasteiger partial charge >= 0.3 is 13.9 Å². The fourth-order valence-corrected chi connectivity index (χ4v) is 3.97. The van der Waals surface area contributed by atoms with Gasteiger partial charge < -0.3 is 25.2 Å². The van der Waals surface area contributed by atoms with Crippen molar-refractivity contribution in [2.75, 3.05) is 18.2 Å². The molecule has 2 aromatic heterocycles. The Bertz CT molecular complexity index is 1450. The van der Waals surface area contributed by atoms with Crippen molar-refractivity contribution in [3.63, 3.8) is 0 Å². The van der Waals surface area contributed by atoms with Crippen LogP contribution in [0.4, 0.5) is 16.3 Å². The Morgan fingerprint density at radius 3 is 2.55 bits per heavy atom. The van der Waals surface area contributed by atoms with Gasteiger partial charge in [-0.05, 0) is 56.9 Å². The summed E-state index contributed by atoms with van der Waals surface area (Å²) in [5.41, 5.74) is 2.09. The van der Waals surface area contributed by atoms with Gasteiger partial charge in [0.25, 0.3) is 11.8 Å². The van der Waals surface area contributed by atoms with Gasteiger partial charge in [0.1, 0.15) is 11.8 Å². The number of aryl methyl sites for hydroxylation is 2. The van der Waals surface area contributed by atoms with Crippen LogP contribution in [0.15, 0.2) is 30.7 Å². The Labute approximate surface area is 230 Å². The number of fused-ring (bicyclic) bond motifs is 1. The molecule has 2 heterocycles. The molecule has 0 aliphatic heterocycles. The molecular weight excluding hydrogens is 543 g/mol. The molecule has 0 saturated heterocycles. The quantitative estimate of drug-likeness (QED) is 0.195. The summed E-state index contributed by atoms with van der Waals surface area (Å²) in [5, 5.41) is 9.85. The molecule has 3 rings (SSSR count). The van der Waals surface area contributed by atoms with Crippen LogP contribution >= 0.6 is 7.82 Å². The lowest BCUT2D eigenvalue weighted by Gasteiger charge is -2.24. The molecule has 0 radical (unpaired) electrons. The van der Waals surface area contributed by atoms with Crippen molar-refractivity contribution in [2.45, 2.75) is 53.5 Å². The van der Waals surface area contributed by atoms with E-state index in [4.69, 9.17) is 14.5 Å². The molecule has 0 bridgehead atoms. The van der Waals surface area contributed by atoms with E-state index in [0.717, 1.165) is 11.3 Å². The maximum atomic E-state index is 13.4. The molecule has 1 aromatic carbocycles. The van der Waals surface area contributed by atoms with Crippen molar-refractivity contribution >= 4 is 42.8 Å². The molecule has 14 nitrogen and oxygen atoms in total. The van der Waals surface area contributed by atoms with Crippen LogP contribution in [0, 0.1) is 13.8 Å². The average Bonchev–Trinajstić information content (AvgIpc) is 3.24. The van der Waals surface area contributed by atoms with E-state index in [0.29, 0.717) is 35.2 Å². The smallest absolute Gasteiger partial charge is 0.421 e. The molecule has 0 aliphatic carbocycles. The summed E-state index contributed by atoms with van der Waals surface area (Å²) in [6.07, 6.45) is 3.03. The van der Waals surface area contributed by atoms with E-state index in [2.05, 4.69) is 25.2 Å². The lowest BCUT2D eigenvalue weighted by molar-refractivity contribution is 0.0445. The zero-order valence-electron chi connectivity index (χ0n) is 22.9. The van der Waals surface area contributed by atoms with Crippen molar-refractivity contribution in [1.82, 2.24) is 25.2 Å². The summed E-state index contributed by atoms with van der Waals surface area (Å²) in [7, 11) is -4.93. The first kappa shape index (κ1) is 30.7. The van der Waals surface area contributed by atoms with Gasteiger partial charge in [0, 0.05) is 24.3 Å². The van der Waals surface area contributed by atoms with E-state index in [1.54, 1.807) is 26.0 Å². The summed E-state index contributed by atoms with van der Waals surface area (Å²) in [5.74, 6) is -0.694. The number of hydrogen-bond donors (Lipinski definition) is 4. The number of rotatable bonds is 11. The lowest BCUT2D eigenvalue weighted by atomic mass is 10.1. The van der Waals surface area contributed by atoms with Crippen molar-refractivity contribution in [3.8, 4) is 0 Å². The second-order valence-corrected chi connectivity index (χ2v) is 10.3. The number of carbonyl (C=O) groups is 3. The zero-order valence-corrected chi connectivity index (χ0v) is 23.8. The number of phosphoric acid groups is 1. The molecule has 40 heavy (non-hydrogen) atoms. The number of ether oxygens (including phenoxy) is 1. The third-order valence-electron chi connectivity index (χ3n) is 6.09. The molecule has 0 aliphatic rings. The Kier molecular flexibility index (Phi) is 9.98. The third kappa shape index (κ3) is 7.21. The van der Waals surface area contributed by atoms with Crippen LogP contribution in [0.25, 0.3) is 5.52 Å². The largest absolute Gasteiger partial charge is 0.472 e. The Morgan fingerprint density at radius 1 is 1.18 bits per heavy atom. The first-order valence-electron chi connectivity index (χ1n) is 12.6. The molecule has 4 N–H and O–H groups in total. The van der Waals surface area contributed by atoms with Gasteiger partial charge in [-0.2, -0.15) is 5.10 Å². The third-order valence-corrected chi connectivity index (χ3v) is 6.53. The average molecular weight is 577 g/mol. The number of phosphoric ester groups is 1. The predicted molar refractivity (Wildman–Crippen MR) is 145 cm³/mol. The second-order valence-electron chi connectivity index (χ2n) is 9.07. The molecule has 1 unspecified atom stereocenters. The van der Waals surface area contributed by atoms with Crippen molar-refractivity contribution < 1.29 is 38.0 Å². The summed E-state index contributed by atoms with van der Waals surface area (Å²) < 4.78 is 21.9. The second kappa shape index (κ2) is 13.0. The van der Waals surface area contributed by atoms with Crippen molar-refractivity contribution in [1.29, 1.82) is 0 Å². The standard InChI is InChI=1S/C25H33N6O8P/c1-6-10-26-24(33)19-12-30-21(17(19)5)22(27-13-28-30)31(25(34)38-14-39-40(35,36)37)20-11-18(9-8-15(20)3)23(32)29-16(4)7-2/h8-9,11-13,16H,6-7,10,14H2,1-5H3,(H,26,33)(H,29,32)(H2,35,36,37). The van der Waals surface area contributed by atoms with Crippen LogP contribution in [0.2, 0.25) is 0 Å². The summed E-state index contributed by atoms with van der Waals surface area (Å²) in [6.45, 7) is 8.49. The van der Waals surface area contributed by atoms with Crippen LogP contribution in [0.5, 0.6) is 0 Å². The highest BCUT2D eigenvalue weighted by Gasteiger charge is 2.29. The Morgan fingerprint density at radius 2 is 1.90 bits per heavy atom. The van der Waals surface area contributed by atoms with Gasteiger partial charge in [0.2, 0.25) is 6.79 Å². The maximum absolute atomic E-state index is 13.4. The molecule has 1 atom stereocenters. The van der Waals surface area contributed by atoms with E-state index in [1.165, 1.54) is 23.1 Å². The number of amides is 3. The first-order valence-corrected chi connectivity index (χ1v) is 14.1. The van der Waals surface area contributed by atoms with Gasteiger partial charge in [-0.15, -0.1) is 0 Å². The Hall–Kier alpha value is -3.84. The summed E-state index contributed by atoms with van der Waals surface area (Å²) in [4.78, 5) is 62.5. The van der Waals surface area contributed by atoms with Crippen LogP contribution < -0.4 is 15.5 Å². The molecule has 216 valence electrons. The molecule has 3 amide bonds. The number of anilines is 2. The highest BCUT2D eigenvalue weighted by Crippen LogP contribution is 2.37. The number of hydrogen-bond acceptors (Lipinski definition) is 8. The van der Waals surface area contributed by atoms with Crippen LogP contribution in [0.1, 0.15) is 65.5 Å². The highest BCUT2D eigenvalue weighted by molar-refractivity contribution is 7.46. The van der Waals surface area contributed by atoms with E-state index >= 15 is 0 Å². The van der Waals surface area contributed by atoms with Crippen LogP contribution in [-0.4, -0.2) is 61.7 Å². The van der Waals surface area contributed by atoms with Gasteiger partial charge in [-0.3, -0.25) is 9.59 Å². The van der Waals surface area contributed by atoms with Gasteiger partial charge in [0.15, 0.2) is 5.82 Å². The van der Waals surface area contributed by atoms with E-state index in [-0.39, 0.29) is 34.9 Å². The van der Waals surface area contributed by atoms with Crippen LogP contribution in [-0.2, 0) is 13.8 Å². The van der Waals surface area contributed by atoms with Gasteiger partial charge in [0.05, 0.1) is 11.3 Å². The van der Waals surface area contributed by atoms with Gasteiger partial charge in [-0.25, -0.2) is 28.3 Å². The van der Waals surface area contributed by atoms with E-state index < -0.39 is 20.7 Å². The first-order chi connectivity index (χ1) is 18.9. The van der Waals surface area contributed by atoms with Gasteiger partial charge in [-0.1, -0.05) is 19.9 Å². The predicted octanol–water partition coefficient (Wildman–Crippen LogP) is 3.36. The summed E-state index contributed by atoms with van der Waals surface area (Å²) >= 11 is 0. The Balaban J connectivity index is 2.17. The number of carbonyl (C=O) groups excluding carboxylic acids is 3. The van der Waals surface area contributed by atoms with E-state index in [9.17, 15) is 18.9 Å². The van der Waals surface area contributed by atoms with Crippen LogP contribution in [0.3, 0.4) is 0 Å². The fourth-order valence-electron chi connectivity index (χ4n) is 3.78. The van der Waals surface area contributed by atoms with E-state index in [1.807, 2.05) is 20.8 Å². The molecule has 3 aromatic rings. The number of nitrogens with one attached hydrogen (secondary N) is 2. The highest BCUT2D eigenvalue weighted by atomic mass is 31.2. The minimum atomic E-state index is -4.93. The number of aromatic nitrogens is 3. The number of benzene rings is 1. The molecule has 0 saturated carbocycles. The lowest BCUT2D eigenvalue weighted by Crippen LogP contribution is -2.33. The molecule has 15 heteroatoms. The zero-order chi connectivity index (χ0) is 29.6. The topological polar surface area (TPSA) is 185 Å². The normalized spacial score (nSPS) is 12.2. The minimum absolute atomic E-state index is 0.00538. The monoisotopic (exact) mass is 576 g/mol.